The normalized spacial score (nSPS) is 11.2. The Balaban J connectivity index is 1.47. The summed E-state index contributed by atoms with van der Waals surface area (Å²) in [6.07, 6.45) is 1.33. The molecule has 4 rings (SSSR count). The molecular weight excluding hydrogens is 434 g/mol. The summed E-state index contributed by atoms with van der Waals surface area (Å²) in [5.41, 5.74) is 4.01. The number of fused-ring (bicyclic) bond motifs is 1. The lowest BCUT2D eigenvalue weighted by Crippen LogP contribution is -2.15. The van der Waals surface area contributed by atoms with E-state index in [4.69, 9.17) is 4.42 Å². The van der Waals surface area contributed by atoms with Gasteiger partial charge in [-0.3, -0.25) is 14.9 Å². The zero-order valence-corrected chi connectivity index (χ0v) is 17.4. The van der Waals surface area contributed by atoms with Crippen LogP contribution in [0.25, 0.3) is 21.4 Å². The highest BCUT2D eigenvalue weighted by Crippen LogP contribution is 2.29. The van der Waals surface area contributed by atoms with Gasteiger partial charge < -0.3 is 9.52 Å². The average molecular weight is 449 g/mol. The monoisotopic (exact) mass is 449 g/mol. The summed E-state index contributed by atoms with van der Waals surface area (Å²) in [4.78, 5) is 34.3. The van der Waals surface area contributed by atoms with E-state index < -0.39 is 16.8 Å². The number of nitro groups is 1. The van der Waals surface area contributed by atoms with Crippen LogP contribution >= 0.6 is 11.3 Å². The Kier molecular flexibility index (Phi) is 5.52. The van der Waals surface area contributed by atoms with E-state index in [-0.39, 0.29) is 11.3 Å². The van der Waals surface area contributed by atoms with Gasteiger partial charge in [0.1, 0.15) is 11.5 Å². The van der Waals surface area contributed by atoms with Gasteiger partial charge in [-0.05, 0) is 48.9 Å². The Morgan fingerprint density at radius 2 is 1.97 bits per heavy atom. The summed E-state index contributed by atoms with van der Waals surface area (Å²) in [5.74, 6) is -0.642. The first-order valence-electron chi connectivity index (χ1n) is 9.27. The second-order valence-electron chi connectivity index (χ2n) is 6.83. The molecule has 0 bridgehead atoms. The van der Waals surface area contributed by atoms with Crippen molar-refractivity contribution in [1.29, 1.82) is 0 Å². The molecule has 0 aliphatic heterocycles. The first kappa shape index (κ1) is 20.9. The molecule has 0 unspecified atom stereocenters. The van der Waals surface area contributed by atoms with Crippen molar-refractivity contribution < 1.29 is 24.0 Å². The van der Waals surface area contributed by atoms with Crippen molar-refractivity contribution in [1.82, 2.24) is 5.43 Å². The first-order valence-corrected chi connectivity index (χ1v) is 10.1. The van der Waals surface area contributed by atoms with Gasteiger partial charge in [-0.2, -0.15) is 5.10 Å². The zero-order chi connectivity index (χ0) is 22.8. The molecule has 32 heavy (non-hydrogen) atoms. The Bertz CT molecular complexity index is 1400. The highest BCUT2D eigenvalue weighted by Gasteiger charge is 2.14. The van der Waals surface area contributed by atoms with Gasteiger partial charge in [0.2, 0.25) is 0 Å². The maximum absolute atomic E-state index is 12.4. The Morgan fingerprint density at radius 1 is 1.16 bits per heavy atom. The number of hydrogen-bond acceptors (Lipinski definition) is 7. The number of thiophene rings is 1. The fraction of sp³-hybridized carbons (Fsp3) is 0.0455. The van der Waals surface area contributed by atoms with Crippen molar-refractivity contribution in [2.75, 3.05) is 0 Å². The molecule has 0 atom stereocenters. The molecule has 0 fully saturated rings. The molecule has 2 N–H and O–H groups in total. The van der Waals surface area contributed by atoms with Gasteiger partial charge >= 0.3 is 5.97 Å². The van der Waals surface area contributed by atoms with Crippen LogP contribution in [0.5, 0.6) is 0 Å². The van der Waals surface area contributed by atoms with Gasteiger partial charge in [-0.1, -0.05) is 6.07 Å². The minimum Gasteiger partial charge on any atom is -0.478 e. The van der Waals surface area contributed by atoms with Crippen LogP contribution in [0.15, 0.2) is 64.1 Å². The fourth-order valence-electron chi connectivity index (χ4n) is 3.05. The molecule has 160 valence electrons. The lowest BCUT2D eigenvalue weighted by molar-refractivity contribution is -0.384. The number of carboxylic acids is 1. The van der Waals surface area contributed by atoms with E-state index in [9.17, 15) is 24.8 Å². The van der Waals surface area contributed by atoms with E-state index in [1.807, 2.05) is 6.92 Å². The number of aryl methyl sites for hydroxylation is 1. The summed E-state index contributed by atoms with van der Waals surface area (Å²) in [6.45, 7) is 1.84. The van der Waals surface area contributed by atoms with Gasteiger partial charge in [-0.25, -0.2) is 10.2 Å². The van der Waals surface area contributed by atoms with Crippen LogP contribution in [0.4, 0.5) is 5.69 Å². The predicted molar refractivity (Wildman–Crippen MR) is 119 cm³/mol. The summed E-state index contributed by atoms with van der Waals surface area (Å²) in [7, 11) is 0. The second-order valence-corrected chi connectivity index (χ2v) is 7.91. The molecule has 2 aromatic carbocycles. The molecule has 1 amide bonds. The number of furan rings is 1. The maximum Gasteiger partial charge on any atom is 0.335 e. The van der Waals surface area contributed by atoms with Gasteiger partial charge in [0, 0.05) is 27.8 Å². The number of hydrazone groups is 1. The van der Waals surface area contributed by atoms with Gasteiger partial charge in [0.25, 0.3) is 11.6 Å². The SMILES string of the molecule is Cc1ccc(C(=O)O)cc1-c1ccc(C=NNC(=O)c2cc3cc([N+](=O)[O-])ccc3s2)o1. The quantitative estimate of drug-likeness (QED) is 0.246. The van der Waals surface area contributed by atoms with Crippen molar-refractivity contribution >= 4 is 45.2 Å². The van der Waals surface area contributed by atoms with Gasteiger partial charge in [-0.15, -0.1) is 11.3 Å². The zero-order valence-electron chi connectivity index (χ0n) is 16.6. The third-order valence-electron chi connectivity index (χ3n) is 4.67. The minimum absolute atomic E-state index is 0.0435. The fourth-order valence-corrected chi connectivity index (χ4v) is 3.99. The smallest absolute Gasteiger partial charge is 0.335 e. The molecule has 4 aromatic rings. The van der Waals surface area contributed by atoms with Crippen LogP contribution in [0.2, 0.25) is 0 Å². The number of aromatic carboxylic acids is 1. The standard InChI is InChI=1S/C22H15N3O6S/c1-12-2-3-13(22(27)28)9-17(12)18-6-5-16(31-18)11-23-24-21(26)20-10-14-8-15(25(29)30)4-7-19(14)32-20/h2-11H,1H3,(H,24,26)(H,27,28). The molecule has 0 aliphatic carbocycles. The first-order chi connectivity index (χ1) is 15.3. The molecule has 0 saturated heterocycles. The number of carbonyl (C=O) groups excluding carboxylic acids is 1. The van der Waals surface area contributed by atoms with Crippen molar-refractivity contribution in [3.05, 3.63) is 86.5 Å². The van der Waals surface area contributed by atoms with Crippen LogP contribution in [0.3, 0.4) is 0 Å². The molecule has 2 heterocycles. The highest BCUT2D eigenvalue weighted by atomic mass is 32.1. The van der Waals surface area contributed by atoms with Crippen LogP contribution < -0.4 is 5.43 Å². The number of carboxylic acid groups (broad SMARTS) is 1. The van der Waals surface area contributed by atoms with Gasteiger partial charge in [0.05, 0.1) is 21.6 Å². The Hall–Kier alpha value is -4.31. The average Bonchev–Trinajstić information content (AvgIpc) is 3.40. The number of nitrogens with zero attached hydrogens (tertiary/aromatic N) is 2. The summed E-state index contributed by atoms with van der Waals surface area (Å²) in [5, 5.41) is 24.6. The van der Waals surface area contributed by atoms with Crippen LogP contribution in [0.1, 0.15) is 31.4 Å². The molecule has 0 spiro atoms. The van der Waals surface area contributed by atoms with Gasteiger partial charge in [0.15, 0.2) is 0 Å². The number of nitro benzene ring substituents is 1. The number of benzene rings is 2. The Labute approximate surface area is 184 Å². The molecule has 9 nitrogen and oxygen atoms in total. The third kappa shape index (κ3) is 4.25. The van der Waals surface area contributed by atoms with E-state index in [0.717, 1.165) is 10.3 Å². The number of amides is 1. The van der Waals surface area contributed by atoms with Crippen molar-refractivity contribution in [2.24, 2.45) is 5.10 Å². The molecular formula is C22H15N3O6S. The number of rotatable bonds is 6. The van der Waals surface area contributed by atoms with E-state index in [0.29, 0.717) is 27.3 Å². The molecule has 10 heteroatoms. The van der Waals surface area contributed by atoms with Crippen LogP contribution in [-0.4, -0.2) is 28.1 Å². The molecule has 0 aliphatic rings. The maximum atomic E-state index is 12.4. The van der Waals surface area contributed by atoms with E-state index in [2.05, 4.69) is 10.5 Å². The topological polar surface area (TPSA) is 135 Å². The van der Waals surface area contributed by atoms with Crippen molar-refractivity contribution in [3.63, 3.8) is 0 Å². The molecule has 2 aromatic heterocycles. The van der Waals surface area contributed by atoms with E-state index in [1.165, 1.54) is 41.8 Å². The number of nitrogens with one attached hydrogen (secondary N) is 1. The Morgan fingerprint density at radius 3 is 2.72 bits per heavy atom. The molecule has 0 saturated carbocycles. The summed E-state index contributed by atoms with van der Waals surface area (Å²) in [6, 6.07) is 14.1. The minimum atomic E-state index is -1.03. The third-order valence-corrected chi connectivity index (χ3v) is 5.78. The lowest BCUT2D eigenvalue weighted by atomic mass is 10.0. The highest BCUT2D eigenvalue weighted by molar-refractivity contribution is 7.20. The van der Waals surface area contributed by atoms with E-state index >= 15 is 0 Å². The van der Waals surface area contributed by atoms with Crippen molar-refractivity contribution in [3.8, 4) is 11.3 Å². The number of hydrogen-bond donors (Lipinski definition) is 2. The summed E-state index contributed by atoms with van der Waals surface area (Å²) < 4.78 is 6.45. The number of non-ortho nitro benzene ring substituents is 1. The predicted octanol–water partition coefficient (Wildman–Crippen LogP) is 4.84. The summed E-state index contributed by atoms with van der Waals surface area (Å²) >= 11 is 1.20. The number of carbonyl (C=O) groups is 2. The molecule has 0 radical (unpaired) electrons. The second kappa shape index (κ2) is 8.44. The van der Waals surface area contributed by atoms with E-state index in [1.54, 1.807) is 30.3 Å². The van der Waals surface area contributed by atoms with Crippen molar-refractivity contribution in [2.45, 2.75) is 6.92 Å². The lowest BCUT2D eigenvalue weighted by Gasteiger charge is -2.04. The van der Waals surface area contributed by atoms with Crippen LogP contribution in [-0.2, 0) is 0 Å². The van der Waals surface area contributed by atoms with Crippen LogP contribution in [0, 0.1) is 17.0 Å². The largest absolute Gasteiger partial charge is 0.478 e.